The summed E-state index contributed by atoms with van der Waals surface area (Å²) in [5, 5.41) is 4.55. The zero-order valence-corrected chi connectivity index (χ0v) is 11.8. The highest BCUT2D eigenvalue weighted by Gasteiger charge is 2.12. The molecule has 21 heavy (non-hydrogen) atoms. The number of benzene rings is 1. The lowest BCUT2D eigenvalue weighted by Crippen LogP contribution is -2.00. The number of ether oxygens (including phenoxy) is 1. The van der Waals surface area contributed by atoms with Crippen LogP contribution in [0.15, 0.2) is 42.9 Å². The minimum Gasteiger partial charge on any atom is -0.494 e. The van der Waals surface area contributed by atoms with Gasteiger partial charge in [-0.2, -0.15) is 5.10 Å². The Balaban J connectivity index is 2.08. The van der Waals surface area contributed by atoms with Crippen molar-refractivity contribution in [1.29, 1.82) is 0 Å². The average molecular weight is 305 g/mol. The van der Waals surface area contributed by atoms with Crippen molar-refractivity contribution in [2.75, 3.05) is 7.11 Å². The van der Waals surface area contributed by atoms with Gasteiger partial charge >= 0.3 is 0 Å². The molecule has 0 N–H and O–H groups in total. The second-order valence-corrected chi connectivity index (χ2v) is 4.57. The standard InChI is InChI=1S/C14H10ClFN4O/c1-21-12-6-9(2-4-11(12)16)14-18-8-19-20(14)10-3-5-13(15)17-7-10/h2-8H,1H3. The van der Waals surface area contributed by atoms with E-state index in [0.717, 1.165) is 0 Å². The molecule has 2 aromatic heterocycles. The number of rotatable bonds is 3. The molecule has 0 fully saturated rings. The molecule has 7 heteroatoms. The minimum absolute atomic E-state index is 0.149. The fourth-order valence-corrected chi connectivity index (χ4v) is 2.03. The molecule has 106 valence electrons. The maximum Gasteiger partial charge on any atom is 0.165 e. The summed E-state index contributed by atoms with van der Waals surface area (Å²) in [5.41, 5.74) is 1.39. The first kappa shape index (κ1) is 13.5. The van der Waals surface area contributed by atoms with E-state index in [9.17, 15) is 4.39 Å². The van der Waals surface area contributed by atoms with Crippen LogP contribution in [-0.2, 0) is 0 Å². The van der Waals surface area contributed by atoms with Crippen LogP contribution >= 0.6 is 11.6 Å². The molecule has 0 atom stereocenters. The van der Waals surface area contributed by atoms with Crippen LogP contribution in [0.25, 0.3) is 17.1 Å². The summed E-state index contributed by atoms with van der Waals surface area (Å²) in [6, 6.07) is 7.94. The smallest absolute Gasteiger partial charge is 0.165 e. The fourth-order valence-electron chi connectivity index (χ4n) is 1.92. The van der Waals surface area contributed by atoms with Gasteiger partial charge in [0.2, 0.25) is 0 Å². The summed E-state index contributed by atoms with van der Waals surface area (Å²) in [6.07, 6.45) is 3.00. The topological polar surface area (TPSA) is 52.8 Å². The third-order valence-electron chi connectivity index (χ3n) is 2.91. The Hall–Kier alpha value is -2.47. The second-order valence-electron chi connectivity index (χ2n) is 4.18. The fraction of sp³-hybridized carbons (Fsp3) is 0.0714. The Morgan fingerprint density at radius 2 is 2.05 bits per heavy atom. The lowest BCUT2D eigenvalue weighted by Gasteiger charge is -2.07. The van der Waals surface area contributed by atoms with Gasteiger partial charge in [0.25, 0.3) is 0 Å². The summed E-state index contributed by atoms with van der Waals surface area (Å²) in [6.45, 7) is 0. The van der Waals surface area contributed by atoms with Crippen LogP contribution in [0.1, 0.15) is 0 Å². The molecule has 0 unspecified atom stereocenters. The van der Waals surface area contributed by atoms with E-state index >= 15 is 0 Å². The van der Waals surface area contributed by atoms with Gasteiger partial charge in [-0.25, -0.2) is 19.0 Å². The molecule has 0 saturated carbocycles. The average Bonchev–Trinajstić information content (AvgIpc) is 2.98. The molecule has 0 bridgehead atoms. The van der Waals surface area contributed by atoms with Crippen LogP contribution < -0.4 is 4.74 Å². The van der Waals surface area contributed by atoms with Crippen LogP contribution in [0.3, 0.4) is 0 Å². The Labute approximate surface area is 125 Å². The van der Waals surface area contributed by atoms with Gasteiger partial charge in [0.15, 0.2) is 17.4 Å². The van der Waals surface area contributed by atoms with Crippen LogP contribution in [0.5, 0.6) is 5.75 Å². The molecule has 0 amide bonds. The second kappa shape index (κ2) is 5.49. The SMILES string of the molecule is COc1cc(-c2ncnn2-c2ccc(Cl)nc2)ccc1F. The van der Waals surface area contributed by atoms with E-state index in [2.05, 4.69) is 15.1 Å². The number of nitrogens with zero attached hydrogens (tertiary/aromatic N) is 4. The number of hydrogen-bond acceptors (Lipinski definition) is 4. The minimum atomic E-state index is -0.430. The predicted molar refractivity (Wildman–Crippen MR) is 76.1 cm³/mol. The monoisotopic (exact) mass is 304 g/mol. The van der Waals surface area contributed by atoms with Gasteiger partial charge in [-0.1, -0.05) is 11.6 Å². The molecule has 1 aromatic carbocycles. The van der Waals surface area contributed by atoms with E-state index in [1.165, 1.54) is 19.5 Å². The highest BCUT2D eigenvalue weighted by molar-refractivity contribution is 6.29. The van der Waals surface area contributed by atoms with Gasteiger partial charge in [0.05, 0.1) is 19.0 Å². The van der Waals surface area contributed by atoms with Crippen LogP contribution in [0.4, 0.5) is 4.39 Å². The number of pyridine rings is 1. The molecule has 3 aromatic rings. The molecule has 2 heterocycles. The van der Waals surface area contributed by atoms with Crippen molar-refractivity contribution in [3.63, 3.8) is 0 Å². The normalized spacial score (nSPS) is 10.6. The Kier molecular flexibility index (Phi) is 3.53. The van der Waals surface area contributed by atoms with Crippen molar-refractivity contribution in [3.05, 3.63) is 53.8 Å². The van der Waals surface area contributed by atoms with Crippen molar-refractivity contribution < 1.29 is 9.13 Å². The first-order valence-corrected chi connectivity index (χ1v) is 6.42. The molecule has 0 aliphatic carbocycles. The number of methoxy groups -OCH3 is 1. The highest BCUT2D eigenvalue weighted by atomic mass is 35.5. The van der Waals surface area contributed by atoms with Crippen molar-refractivity contribution in [2.45, 2.75) is 0 Å². The van der Waals surface area contributed by atoms with Crippen LogP contribution in [0.2, 0.25) is 5.15 Å². The molecular weight excluding hydrogens is 295 g/mol. The zero-order valence-electron chi connectivity index (χ0n) is 11.0. The van der Waals surface area contributed by atoms with E-state index in [-0.39, 0.29) is 5.75 Å². The summed E-state index contributed by atoms with van der Waals surface area (Å²) < 4.78 is 20.1. The first-order chi connectivity index (χ1) is 10.2. The van der Waals surface area contributed by atoms with Crippen molar-refractivity contribution in [1.82, 2.24) is 19.7 Å². The quantitative estimate of drug-likeness (QED) is 0.698. The van der Waals surface area contributed by atoms with Gasteiger partial charge in [0, 0.05) is 5.56 Å². The summed E-state index contributed by atoms with van der Waals surface area (Å²) in [5.74, 6) is 0.272. The van der Waals surface area contributed by atoms with Gasteiger partial charge < -0.3 is 4.74 Å². The third kappa shape index (κ3) is 2.57. The summed E-state index contributed by atoms with van der Waals surface area (Å²) in [7, 11) is 1.41. The lowest BCUT2D eigenvalue weighted by atomic mass is 10.2. The molecule has 3 rings (SSSR count). The Morgan fingerprint density at radius 3 is 2.76 bits per heavy atom. The maximum absolute atomic E-state index is 13.5. The number of halogens is 2. The number of aromatic nitrogens is 4. The maximum atomic E-state index is 13.5. The van der Waals surface area contributed by atoms with Crippen LogP contribution in [-0.4, -0.2) is 26.9 Å². The van der Waals surface area contributed by atoms with E-state index in [1.807, 2.05) is 0 Å². The number of hydrogen-bond donors (Lipinski definition) is 0. The van der Waals surface area contributed by atoms with Gasteiger partial charge in [-0.05, 0) is 30.3 Å². The largest absolute Gasteiger partial charge is 0.494 e. The third-order valence-corrected chi connectivity index (χ3v) is 3.14. The molecule has 0 aliphatic heterocycles. The van der Waals surface area contributed by atoms with E-state index in [0.29, 0.717) is 22.2 Å². The Morgan fingerprint density at radius 1 is 1.19 bits per heavy atom. The van der Waals surface area contributed by atoms with E-state index < -0.39 is 5.82 Å². The van der Waals surface area contributed by atoms with E-state index in [4.69, 9.17) is 16.3 Å². The molecular formula is C14H10ClFN4O. The molecule has 0 spiro atoms. The van der Waals surface area contributed by atoms with E-state index in [1.54, 1.807) is 35.1 Å². The molecule has 0 radical (unpaired) electrons. The van der Waals surface area contributed by atoms with Gasteiger partial charge in [-0.3, -0.25) is 0 Å². The van der Waals surface area contributed by atoms with Crippen LogP contribution in [0, 0.1) is 5.82 Å². The van der Waals surface area contributed by atoms with Gasteiger partial charge in [0.1, 0.15) is 11.5 Å². The summed E-state index contributed by atoms with van der Waals surface area (Å²) in [4.78, 5) is 8.21. The molecule has 0 saturated heterocycles. The highest BCUT2D eigenvalue weighted by Crippen LogP contribution is 2.26. The molecule has 5 nitrogen and oxygen atoms in total. The zero-order chi connectivity index (χ0) is 14.8. The van der Waals surface area contributed by atoms with Crippen molar-refractivity contribution >= 4 is 11.6 Å². The molecule has 0 aliphatic rings. The van der Waals surface area contributed by atoms with Gasteiger partial charge in [-0.15, -0.1) is 0 Å². The first-order valence-electron chi connectivity index (χ1n) is 6.05. The summed E-state index contributed by atoms with van der Waals surface area (Å²) >= 11 is 5.77. The Bertz CT molecular complexity index is 773. The van der Waals surface area contributed by atoms with Crippen molar-refractivity contribution in [3.8, 4) is 22.8 Å². The van der Waals surface area contributed by atoms with Crippen molar-refractivity contribution in [2.24, 2.45) is 0 Å². The lowest BCUT2D eigenvalue weighted by molar-refractivity contribution is 0.386. The predicted octanol–water partition coefficient (Wildman–Crippen LogP) is 3.13.